The molecule has 0 unspecified atom stereocenters. The van der Waals surface area contributed by atoms with Crippen molar-refractivity contribution in [2.24, 2.45) is 0 Å². The second-order valence-electron chi connectivity index (χ2n) is 4.82. The maximum atomic E-state index is 12.0. The maximum absolute atomic E-state index is 12.0. The van der Waals surface area contributed by atoms with Crippen LogP contribution in [0.25, 0.3) is 0 Å². The Morgan fingerprint density at radius 2 is 1.78 bits per heavy atom. The van der Waals surface area contributed by atoms with Crippen molar-refractivity contribution >= 4 is 21.7 Å². The summed E-state index contributed by atoms with van der Waals surface area (Å²) in [5.74, 6) is 0. The first kappa shape index (κ1) is 19.4. The van der Waals surface area contributed by atoms with Crippen LogP contribution in [0.15, 0.2) is 29.2 Å². The molecule has 0 radical (unpaired) electrons. The number of sulfonamides is 1. The molecule has 0 heterocycles. The Kier molecular flexibility index (Phi) is 7.43. The molecule has 0 aliphatic carbocycles. The SMILES string of the molecule is COCCCN(C)C(=O)Nc1ccc(S(=O)(=O)N(C)OC)cc1. The summed E-state index contributed by atoms with van der Waals surface area (Å²) in [5.41, 5.74) is 0.507. The molecule has 1 aromatic rings. The van der Waals surface area contributed by atoms with E-state index in [-0.39, 0.29) is 10.9 Å². The van der Waals surface area contributed by atoms with Crippen molar-refractivity contribution in [3.8, 4) is 0 Å². The zero-order valence-electron chi connectivity index (χ0n) is 13.8. The van der Waals surface area contributed by atoms with Crippen molar-refractivity contribution in [1.29, 1.82) is 0 Å². The van der Waals surface area contributed by atoms with Crippen molar-refractivity contribution in [1.82, 2.24) is 9.37 Å². The minimum absolute atomic E-state index is 0.0771. The molecule has 9 heteroatoms. The lowest BCUT2D eigenvalue weighted by Crippen LogP contribution is -2.32. The van der Waals surface area contributed by atoms with E-state index >= 15 is 0 Å². The Balaban J connectivity index is 2.69. The number of amides is 2. The van der Waals surface area contributed by atoms with Gasteiger partial charge in [-0.1, -0.05) is 4.47 Å². The lowest BCUT2D eigenvalue weighted by atomic mass is 10.3. The molecule has 0 aliphatic heterocycles. The molecule has 0 fully saturated rings. The molecular weight excluding hydrogens is 322 g/mol. The number of ether oxygens (including phenoxy) is 1. The molecule has 23 heavy (non-hydrogen) atoms. The summed E-state index contributed by atoms with van der Waals surface area (Å²) in [4.78, 5) is 18.3. The molecule has 1 N–H and O–H groups in total. The highest BCUT2D eigenvalue weighted by molar-refractivity contribution is 7.89. The zero-order chi connectivity index (χ0) is 17.5. The van der Waals surface area contributed by atoms with Crippen molar-refractivity contribution < 1.29 is 22.8 Å². The molecule has 0 bridgehead atoms. The van der Waals surface area contributed by atoms with E-state index in [2.05, 4.69) is 5.32 Å². The van der Waals surface area contributed by atoms with Gasteiger partial charge in [-0.05, 0) is 30.7 Å². The number of hydrogen-bond donors (Lipinski definition) is 1. The van der Waals surface area contributed by atoms with Gasteiger partial charge >= 0.3 is 6.03 Å². The highest BCUT2D eigenvalue weighted by Gasteiger charge is 2.20. The third-order valence-corrected chi connectivity index (χ3v) is 4.88. The predicted molar refractivity (Wildman–Crippen MR) is 86.5 cm³/mol. The van der Waals surface area contributed by atoms with Crippen LogP contribution in [0.3, 0.4) is 0 Å². The number of urea groups is 1. The molecule has 0 spiro atoms. The number of nitrogens with one attached hydrogen (secondary N) is 1. The first-order valence-corrected chi connectivity index (χ1v) is 8.41. The minimum atomic E-state index is -3.69. The smallest absolute Gasteiger partial charge is 0.321 e. The Labute approximate surface area is 137 Å². The molecule has 8 nitrogen and oxygen atoms in total. The first-order chi connectivity index (χ1) is 10.8. The monoisotopic (exact) mass is 345 g/mol. The minimum Gasteiger partial charge on any atom is -0.385 e. The van der Waals surface area contributed by atoms with Gasteiger partial charge in [0.2, 0.25) is 0 Å². The Hall–Kier alpha value is -1.68. The van der Waals surface area contributed by atoms with Crippen LogP contribution in [0, 0.1) is 0 Å². The highest BCUT2D eigenvalue weighted by atomic mass is 32.2. The molecular formula is C14H23N3O5S. The van der Waals surface area contributed by atoms with E-state index in [0.29, 0.717) is 18.8 Å². The number of carbonyl (C=O) groups is 1. The van der Waals surface area contributed by atoms with E-state index in [1.165, 1.54) is 43.3 Å². The predicted octanol–water partition coefficient (Wildman–Crippen LogP) is 1.37. The lowest BCUT2D eigenvalue weighted by molar-refractivity contribution is -0.0258. The van der Waals surface area contributed by atoms with Crippen LogP contribution in [-0.2, 0) is 19.6 Å². The van der Waals surface area contributed by atoms with E-state index in [4.69, 9.17) is 9.57 Å². The van der Waals surface area contributed by atoms with Gasteiger partial charge in [-0.3, -0.25) is 4.84 Å². The van der Waals surface area contributed by atoms with Crippen molar-refractivity contribution in [3.63, 3.8) is 0 Å². The topological polar surface area (TPSA) is 88.2 Å². The number of carbonyl (C=O) groups excluding carboxylic acids is 1. The third-order valence-electron chi connectivity index (χ3n) is 3.19. The second kappa shape index (κ2) is 8.82. The molecule has 0 aliphatic rings. The normalized spacial score (nSPS) is 11.5. The number of nitrogens with zero attached hydrogens (tertiary/aromatic N) is 2. The highest BCUT2D eigenvalue weighted by Crippen LogP contribution is 2.17. The van der Waals surface area contributed by atoms with Gasteiger partial charge in [0.25, 0.3) is 10.0 Å². The fourth-order valence-electron chi connectivity index (χ4n) is 1.72. The average molecular weight is 345 g/mol. The molecule has 2 amide bonds. The van der Waals surface area contributed by atoms with Gasteiger partial charge in [0.05, 0.1) is 12.0 Å². The number of methoxy groups -OCH3 is 1. The number of hydroxylamine groups is 1. The van der Waals surface area contributed by atoms with Gasteiger partial charge < -0.3 is 15.0 Å². The van der Waals surface area contributed by atoms with E-state index in [9.17, 15) is 13.2 Å². The van der Waals surface area contributed by atoms with E-state index in [1.807, 2.05) is 0 Å². The van der Waals surface area contributed by atoms with Crippen LogP contribution in [0.5, 0.6) is 0 Å². The second-order valence-corrected chi connectivity index (χ2v) is 6.76. The van der Waals surface area contributed by atoms with Gasteiger partial charge in [-0.25, -0.2) is 13.2 Å². The van der Waals surface area contributed by atoms with Gasteiger partial charge in [0.1, 0.15) is 0 Å². The standard InChI is InChI=1S/C14H23N3O5S/c1-16(10-5-11-21-3)14(18)15-12-6-8-13(9-7-12)23(19,20)17(2)22-4/h6-9H,5,10-11H2,1-4H3,(H,15,18). The summed E-state index contributed by atoms with van der Waals surface area (Å²) in [7, 11) is 2.17. The van der Waals surface area contributed by atoms with Crippen LogP contribution >= 0.6 is 0 Å². The Morgan fingerprint density at radius 1 is 1.17 bits per heavy atom. The van der Waals surface area contributed by atoms with Gasteiger partial charge in [0, 0.05) is 40.0 Å². The van der Waals surface area contributed by atoms with Crippen molar-refractivity contribution in [2.45, 2.75) is 11.3 Å². The largest absolute Gasteiger partial charge is 0.385 e. The summed E-state index contributed by atoms with van der Waals surface area (Å²) in [6.45, 7) is 1.14. The fourth-order valence-corrected chi connectivity index (χ4v) is 2.70. The third kappa shape index (κ3) is 5.47. The summed E-state index contributed by atoms with van der Waals surface area (Å²) in [6.07, 6.45) is 0.737. The summed E-state index contributed by atoms with van der Waals surface area (Å²) < 4.78 is 29.8. The maximum Gasteiger partial charge on any atom is 0.321 e. The molecule has 1 rings (SSSR count). The fraction of sp³-hybridized carbons (Fsp3) is 0.500. The van der Waals surface area contributed by atoms with Crippen LogP contribution in [0.4, 0.5) is 10.5 Å². The molecule has 0 aromatic heterocycles. The van der Waals surface area contributed by atoms with Crippen LogP contribution < -0.4 is 5.32 Å². The van der Waals surface area contributed by atoms with Crippen LogP contribution in [0.1, 0.15) is 6.42 Å². The number of benzene rings is 1. The quantitative estimate of drug-likeness (QED) is 0.568. The number of hydrogen-bond acceptors (Lipinski definition) is 5. The average Bonchev–Trinajstić information content (AvgIpc) is 2.54. The summed E-state index contributed by atoms with van der Waals surface area (Å²) in [6, 6.07) is 5.59. The van der Waals surface area contributed by atoms with Gasteiger partial charge in [0.15, 0.2) is 0 Å². The van der Waals surface area contributed by atoms with E-state index in [0.717, 1.165) is 10.9 Å². The Morgan fingerprint density at radius 3 is 2.30 bits per heavy atom. The molecule has 0 atom stereocenters. The molecule has 130 valence electrons. The van der Waals surface area contributed by atoms with Gasteiger partial charge in [-0.2, -0.15) is 0 Å². The Bertz CT molecular complexity index is 603. The zero-order valence-corrected chi connectivity index (χ0v) is 14.6. The summed E-state index contributed by atoms with van der Waals surface area (Å²) >= 11 is 0. The van der Waals surface area contributed by atoms with Crippen LogP contribution in [-0.4, -0.2) is 65.3 Å². The number of rotatable bonds is 8. The first-order valence-electron chi connectivity index (χ1n) is 6.97. The van der Waals surface area contributed by atoms with E-state index in [1.54, 1.807) is 14.2 Å². The van der Waals surface area contributed by atoms with E-state index < -0.39 is 10.0 Å². The molecule has 1 aromatic carbocycles. The summed E-state index contributed by atoms with van der Waals surface area (Å²) in [5, 5.41) is 2.70. The number of anilines is 1. The van der Waals surface area contributed by atoms with Crippen LogP contribution in [0.2, 0.25) is 0 Å². The van der Waals surface area contributed by atoms with Crippen molar-refractivity contribution in [2.75, 3.05) is 46.8 Å². The van der Waals surface area contributed by atoms with Crippen molar-refractivity contribution in [3.05, 3.63) is 24.3 Å². The molecule has 0 saturated heterocycles. The lowest BCUT2D eigenvalue weighted by Gasteiger charge is -2.18. The molecule has 0 saturated carbocycles. The van der Waals surface area contributed by atoms with Gasteiger partial charge in [-0.15, -0.1) is 0 Å².